The van der Waals surface area contributed by atoms with Crippen LogP contribution in [0.25, 0.3) is 0 Å². The van der Waals surface area contributed by atoms with Gasteiger partial charge in [-0.25, -0.2) is 0 Å². The summed E-state index contributed by atoms with van der Waals surface area (Å²) >= 11 is 0. The van der Waals surface area contributed by atoms with E-state index in [4.69, 9.17) is 18.9 Å². The molecule has 0 fully saturated rings. The fourth-order valence-corrected chi connectivity index (χ4v) is 2.54. The molecule has 0 spiro atoms. The van der Waals surface area contributed by atoms with Crippen molar-refractivity contribution in [3.8, 4) is 11.5 Å². The van der Waals surface area contributed by atoms with E-state index in [1.807, 2.05) is 0 Å². The van der Waals surface area contributed by atoms with Gasteiger partial charge in [0.2, 0.25) is 0 Å². The van der Waals surface area contributed by atoms with Gasteiger partial charge in [-0.15, -0.1) is 0 Å². The maximum atomic E-state index is 12.4. The minimum Gasteiger partial charge on any atom is -0.493 e. The molecule has 1 atom stereocenters. The van der Waals surface area contributed by atoms with Crippen molar-refractivity contribution < 1.29 is 33.3 Å². The number of carbonyl (C=O) groups excluding carboxylic acids is 3. The first-order chi connectivity index (χ1) is 11.3. The number of esters is 2. The standard InChI is InChI=1S/C17H22O7/c1-10(18)17(2,14(15(19)23-5)16(20)24-6)11-7-8-12(21-3)13(9-11)22-4/h7-9,14H,1-6H3. The van der Waals surface area contributed by atoms with Gasteiger partial charge in [0.05, 0.1) is 33.9 Å². The summed E-state index contributed by atoms with van der Waals surface area (Å²) in [5.41, 5.74) is -1.08. The van der Waals surface area contributed by atoms with Gasteiger partial charge in [0.25, 0.3) is 0 Å². The predicted molar refractivity (Wildman–Crippen MR) is 85.1 cm³/mol. The summed E-state index contributed by atoms with van der Waals surface area (Å²) in [7, 11) is 5.22. The first kappa shape index (κ1) is 19.5. The minimum atomic E-state index is -1.49. The molecule has 7 nitrogen and oxygen atoms in total. The second kappa shape index (κ2) is 7.81. The van der Waals surface area contributed by atoms with E-state index < -0.39 is 29.1 Å². The summed E-state index contributed by atoms with van der Waals surface area (Å²) in [4.78, 5) is 36.8. The van der Waals surface area contributed by atoms with Gasteiger partial charge in [-0.05, 0) is 31.5 Å². The summed E-state index contributed by atoms with van der Waals surface area (Å²) in [5, 5.41) is 0. The third-order valence-corrected chi connectivity index (χ3v) is 4.17. The number of Topliss-reactive ketones (excluding diaryl/α,β-unsaturated/α-hetero) is 1. The number of hydrogen-bond donors (Lipinski definition) is 0. The number of hydrogen-bond acceptors (Lipinski definition) is 7. The maximum Gasteiger partial charge on any atom is 0.321 e. The van der Waals surface area contributed by atoms with Crippen LogP contribution < -0.4 is 9.47 Å². The molecular formula is C17H22O7. The molecule has 0 aliphatic heterocycles. The first-order valence-electron chi connectivity index (χ1n) is 7.17. The van der Waals surface area contributed by atoms with Crippen LogP contribution in [0.15, 0.2) is 18.2 Å². The SMILES string of the molecule is COC(=O)C(C(=O)OC)C(C)(C(C)=O)c1ccc(OC)c(OC)c1. The Balaban J connectivity index is 3.61. The van der Waals surface area contributed by atoms with Crippen molar-refractivity contribution in [1.82, 2.24) is 0 Å². The van der Waals surface area contributed by atoms with Crippen LogP contribution in [0.4, 0.5) is 0 Å². The quantitative estimate of drug-likeness (QED) is 0.550. The second-order valence-electron chi connectivity index (χ2n) is 5.31. The lowest BCUT2D eigenvalue weighted by molar-refractivity contribution is -0.164. The molecule has 1 unspecified atom stereocenters. The van der Waals surface area contributed by atoms with Gasteiger partial charge < -0.3 is 18.9 Å². The highest BCUT2D eigenvalue weighted by atomic mass is 16.5. The van der Waals surface area contributed by atoms with Gasteiger partial charge >= 0.3 is 11.9 Å². The van der Waals surface area contributed by atoms with Crippen molar-refractivity contribution in [1.29, 1.82) is 0 Å². The van der Waals surface area contributed by atoms with Gasteiger partial charge in [0, 0.05) is 0 Å². The molecule has 0 aliphatic carbocycles. The largest absolute Gasteiger partial charge is 0.493 e. The van der Waals surface area contributed by atoms with E-state index in [0.717, 1.165) is 14.2 Å². The number of ketones is 1. The van der Waals surface area contributed by atoms with E-state index in [9.17, 15) is 14.4 Å². The molecule has 1 rings (SSSR count). The average molecular weight is 338 g/mol. The van der Waals surface area contributed by atoms with Crippen LogP contribution in [-0.4, -0.2) is 46.2 Å². The van der Waals surface area contributed by atoms with Crippen LogP contribution in [0.1, 0.15) is 19.4 Å². The van der Waals surface area contributed by atoms with Gasteiger partial charge in [0.15, 0.2) is 17.4 Å². The van der Waals surface area contributed by atoms with E-state index in [-0.39, 0.29) is 0 Å². The molecule has 24 heavy (non-hydrogen) atoms. The molecule has 0 bridgehead atoms. The van der Waals surface area contributed by atoms with Crippen molar-refractivity contribution >= 4 is 17.7 Å². The number of rotatable bonds is 7. The summed E-state index contributed by atoms with van der Waals surface area (Å²) in [5.74, 6) is -2.71. The van der Waals surface area contributed by atoms with Crippen molar-refractivity contribution in [2.24, 2.45) is 5.92 Å². The van der Waals surface area contributed by atoms with Gasteiger partial charge in [-0.1, -0.05) is 6.07 Å². The summed E-state index contributed by atoms with van der Waals surface area (Å²) in [6.45, 7) is 2.80. The highest BCUT2D eigenvalue weighted by Crippen LogP contribution is 2.39. The molecule has 1 aromatic carbocycles. The highest BCUT2D eigenvalue weighted by molar-refractivity contribution is 6.04. The molecule has 0 saturated heterocycles. The van der Waals surface area contributed by atoms with E-state index in [1.54, 1.807) is 18.2 Å². The Bertz CT molecular complexity index is 622. The van der Waals surface area contributed by atoms with Crippen molar-refractivity contribution in [3.63, 3.8) is 0 Å². The molecule has 0 saturated carbocycles. The van der Waals surface area contributed by atoms with Crippen LogP contribution in [0, 0.1) is 5.92 Å². The third-order valence-electron chi connectivity index (χ3n) is 4.17. The summed E-state index contributed by atoms with van der Waals surface area (Å²) in [6, 6.07) is 4.75. The van der Waals surface area contributed by atoms with Gasteiger partial charge in [-0.2, -0.15) is 0 Å². The lowest BCUT2D eigenvalue weighted by atomic mass is 9.69. The molecular weight excluding hydrogens is 316 g/mol. The monoisotopic (exact) mass is 338 g/mol. The lowest BCUT2D eigenvalue weighted by Crippen LogP contribution is -2.48. The summed E-state index contributed by atoms with van der Waals surface area (Å²) in [6.07, 6.45) is 0. The van der Waals surface area contributed by atoms with Gasteiger partial charge in [0.1, 0.15) is 5.78 Å². The van der Waals surface area contributed by atoms with Crippen molar-refractivity contribution in [2.75, 3.05) is 28.4 Å². The Morgan fingerprint density at radius 1 is 0.917 bits per heavy atom. The molecule has 1 aromatic rings. The Kier molecular flexibility index (Phi) is 6.34. The van der Waals surface area contributed by atoms with E-state index in [2.05, 4.69) is 0 Å². The van der Waals surface area contributed by atoms with Crippen molar-refractivity contribution in [2.45, 2.75) is 19.3 Å². The zero-order chi connectivity index (χ0) is 18.5. The third kappa shape index (κ3) is 3.34. The van der Waals surface area contributed by atoms with Crippen LogP contribution in [-0.2, 0) is 29.3 Å². The van der Waals surface area contributed by atoms with Crippen molar-refractivity contribution in [3.05, 3.63) is 23.8 Å². The smallest absolute Gasteiger partial charge is 0.321 e. The molecule has 0 aliphatic rings. The Hall–Kier alpha value is -2.57. The van der Waals surface area contributed by atoms with Crippen LogP contribution in [0.3, 0.4) is 0 Å². The van der Waals surface area contributed by atoms with Gasteiger partial charge in [-0.3, -0.25) is 14.4 Å². The first-order valence-corrected chi connectivity index (χ1v) is 7.17. The van der Waals surface area contributed by atoms with E-state index in [0.29, 0.717) is 17.1 Å². The highest BCUT2D eigenvalue weighted by Gasteiger charge is 2.50. The molecule has 0 heterocycles. The molecule has 0 radical (unpaired) electrons. The molecule has 0 N–H and O–H groups in total. The van der Waals surface area contributed by atoms with Crippen LogP contribution in [0.5, 0.6) is 11.5 Å². The Morgan fingerprint density at radius 2 is 1.42 bits per heavy atom. The van der Waals surface area contributed by atoms with E-state index in [1.165, 1.54) is 28.1 Å². The zero-order valence-corrected chi connectivity index (χ0v) is 14.7. The van der Waals surface area contributed by atoms with E-state index >= 15 is 0 Å². The second-order valence-corrected chi connectivity index (χ2v) is 5.31. The number of methoxy groups -OCH3 is 4. The maximum absolute atomic E-state index is 12.4. The Labute approximate surface area is 140 Å². The zero-order valence-electron chi connectivity index (χ0n) is 14.7. The predicted octanol–water partition coefficient (Wildman–Crippen LogP) is 1.51. The summed E-state index contributed by atoms with van der Waals surface area (Å²) < 4.78 is 19.8. The topological polar surface area (TPSA) is 88.1 Å². The number of benzene rings is 1. The number of carbonyl (C=O) groups is 3. The fourth-order valence-electron chi connectivity index (χ4n) is 2.54. The molecule has 132 valence electrons. The lowest BCUT2D eigenvalue weighted by Gasteiger charge is -2.32. The van der Waals surface area contributed by atoms with Crippen LogP contribution >= 0.6 is 0 Å². The minimum absolute atomic E-state index is 0.371. The normalized spacial score (nSPS) is 13.0. The Morgan fingerprint density at radius 3 is 1.79 bits per heavy atom. The average Bonchev–Trinajstić information content (AvgIpc) is 2.60. The molecule has 7 heteroatoms. The number of ether oxygens (including phenoxy) is 4. The molecule has 0 aromatic heterocycles. The fraction of sp³-hybridized carbons (Fsp3) is 0.471. The van der Waals surface area contributed by atoms with Crippen LogP contribution in [0.2, 0.25) is 0 Å². The molecule has 0 amide bonds.